The van der Waals surface area contributed by atoms with Crippen molar-refractivity contribution in [3.63, 3.8) is 0 Å². The Morgan fingerprint density at radius 3 is 2.29 bits per heavy atom. The lowest BCUT2D eigenvalue weighted by atomic mass is 10.2. The molecule has 0 aliphatic carbocycles. The molecule has 1 aromatic carbocycles. The smallest absolute Gasteiger partial charge is 0.475 e. The molecular weight excluding hydrogens is 501 g/mol. The van der Waals surface area contributed by atoms with E-state index in [2.05, 4.69) is 50.8 Å². The Morgan fingerprint density at radius 2 is 1.68 bits per heavy atom. The van der Waals surface area contributed by atoms with Crippen LogP contribution in [0.1, 0.15) is 35.9 Å². The molecule has 9 nitrogen and oxygen atoms in total. The standard InChI is InChI=1S/C24H22N6O.C2HF3O2/c1-16(2)29-19-9-4-3-8-18(19)22-20(29)13-21(30(22)24-26-11-6-12-27-24)23(31)28-15-17-7-5-10-25-14-17;3-2(4,5)1(6)7/h3-14,16H,15H2,1-2H3,(H,28,31);(H,6,7). The third-order valence-electron chi connectivity index (χ3n) is 5.58. The molecule has 0 bridgehead atoms. The highest BCUT2D eigenvalue weighted by molar-refractivity contribution is 6.11. The van der Waals surface area contributed by atoms with E-state index in [1.54, 1.807) is 30.9 Å². The molecule has 4 aromatic heterocycles. The van der Waals surface area contributed by atoms with Crippen LogP contribution in [0, 0.1) is 0 Å². The molecule has 38 heavy (non-hydrogen) atoms. The van der Waals surface area contributed by atoms with Gasteiger partial charge in [0.2, 0.25) is 5.95 Å². The van der Waals surface area contributed by atoms with Crippen LogP contribution in [0.4, 0.5) is 13.2 Å². The lowest BCUT2D eigenvalue weighted by molar-refractivity contribution is -0.192. The number of nitrogens with one attached hydrogen (secondary N) is 1. The predicted molar refractivity (Wildman–Crippen MR) is 134 cm³/mol. The van der Waals surface area contributed by atoms with Gasteiger partial charge in [-0.05, 0) is 43.7 Å². The van der Waals surface area contributed by atoms with E-state index in [4.69, 9.17) is 9.90 Å². The van der Waals surface area contributed by atoms with Crippen LogP contribution in [0.3, 0.4) is 0 Å². The number of benzene rings is 1. The van der Waals surface area contributed by atoms with Crippen LogP contribution in [0.15, 0.2) is 73.3 Å². The number of amides is 1. The van der Waals surface area contributed by atoms with Crippen LogP contribution < -0.4 is 5.32 Å². The number of carboxylic acid groups (broad SMARTS) is 1. The van der Waals surface area contributed by atoms with Crippen molar-refractivity contribution in [3.8, 4) is 5.95 Å². The van der Waals surface area contributed by atoms with Crippen LogP contribution in [-0.2, 0) is 11.3 Å². The number of nitrogens with zero attached hydrogens (tertiary/aromatic N) is 5. The number of hydrogen-bond donors (Lipinski definition) is 2. The molecule has 4 heterocycles. The summed E-state index contributed by atoms with van der Waals surface area (Å²) in [6.45, 7) is 4.68. The van der Waals surface area contributed by atoms with Crippen molar-refractivity contribution < 1.29 is 27.9 Å². The number of halogens is 3. The highest BCUT2D eigenvalue weighted by atomic mass is 19.4. The maximum atomic E-state index is 13.3. The lowest BCUT2D eigenvalue weighted by Crippen LogP contribution is -2.25. The molecular formula is C26H23F3N6O3. The Labute approximate surface area is 214 Å². The number of hydrogen-bond acceptors (Lipinski definition) is 5. The Kier molecular flexibility index (Phi) is 7.42. The van der Waals surface area contributed by atoms with Crippen molar-refractivity contribution in [2.75, 3.05) is 0 Å². The first-order chi connectivity index (χ1) is 18.1. The monoisotopic (exact) mass is 524 g/mol. The second kappa shape index (κ2) is 10.7. The SMILES string of the molecule is CC(C)n1c2ccccc2c2c1cc(C(=O)NCc1cccnc1)n2-c1ncccn1.O=C(O)C(F)(F)F. The van der Waals surface area contributed by atoms with Gasteiger partial charge in [0, 0.05) is 42.8 Å². The van der Waals surface area contributed by atoms with E-state index in [1.807, 2.05) is 34.9 Å². The summed E-state index contributed by atoms with van der Waals surface area (Å²) in [5.41, 5.74) is 4.47. The number of para-hydroxylation sites is 1. The van der Waals surface area contributed by atoms with E-state index >= 15 is 0 Å². The van der Waals surface area contributed by atoms with Crippen LogP contribution in [-0.4, -0.2) is 47.2 Å². The van der Waals surface area contributed by atoms with E-state index in [9.17, 15) is 18.0 Å². The molecule has 0 saturated heterocycles. The number of aromatic nitrogens is 5. The van der Waals surface area contributed by atoms with Gasteiger partial charge in [0.1, 0.15) is 5.69 Å². The molecule has 0 unspecified atom stereocenters. The Morgan fingerprint density at radius 1 is 1.00 bits per heavy atom. The summed E-state index contributed by atoms with van der Waals surface area (Å²) >= 11 is 0. The molecule has 12 heteroatoms. The van der Waals surface area contributed by atoms with Crippen molar-refractivity contribution in [3.05, 3.63) is 84.6 Å². The molecule has 0 aliphatic heterocycles. The maximum Gasteiger partial charge on any atom is 0.490 e. The van der Waals surface area contributed by atoms with Gasteiger partial charge in [0.05, 0.1) is 16.6 Å². The zero-order chi connectivity index (χ0) is 27.4. The molecule has 196 valence electrons. The second-order valence-electron chi connectivity index (χ2n) is 8.48. The van der Waals surface area contributed by atoms with Crippen LogP contribution in [0.5, 0.6) is 0 Å². The van der Waals surface area contributed by atoms with Gasteiger partial charge in [-0.2, -0.15) is 13.2 Å². The van der Waals surface area contributed by atoms with Gasteiger partial charge in [0.25, 0.3) is 5.91 Å². The predicted octanol–water partition coefficient (Wildman–Crippen LogP) is 4.91. The summed E-state index contributed by atoms with van der Waals surface area (Å²) in [5, 5.41) is 11.2. The molecule has 0 spiro atoms. The summed E-state index contributed by atoms with van der Waals surface area (Å²) in [6.07, 6.45) is 1.75. The quantitative estimate of drug-likeness (QED) is 0.338. The minimum Gasteiger partial charge on any atom is -0.475 e. The van der Waals surface area contributed by atoms with Gasteiger partial charge in [-0.3, -0.25) is 14.3 Å². The number of aliphatic carboxylic acids is 1. The Balaban J connectivity index is 0.000000426. The van der Waals surface area contributed by atoms with E-state index < -0.39 is 12.1 Å². The average molecular weight is 525 g/mol. The van der Waals surface area contributed by atoms with Crippen molar-refractivity contribution in [2.24, 2.45) is 0 Å². The summed E-state index contributed by atoms with van der Waals surface area (Å²) in [5.74, 6) is -2.48. The molecule has 0 atom stereocenters. The summed E-state index contributed by atoms with van der Waals surface area (Å²) in [7, 11) is 0. The van der Waals surface area contributed by atoms with Crippen LogP contribution >= 0.6 is 0 Å². The zero-order valence-electron chi connectivity index (χ0n) is 20.3. The van der Waals surface area contributed by atoms with E-state index in [0.29, 0.717) is 18.2 Å². The van der Waals surface area contributed by atoms with Crippen LogP contribution in [0.25, 0.3) is 27.9 Å². The second-order valence-corrected chi connectivity index (χ2v) is 8.48. The van der Waals surface area contributed by atoms with Crippen molar-refractivity contribution in [1.29, 1.82) is 0 Å². The maximum absolute atomic E-state index is 13.3. The number of carboxylic acids is 1. The molecule has 5 rings (SSSR count). The molecule has 1 amide bonds. The molecule has 0 radical (unpaired) electrons. The fraction of sp³-hybridized carbons (Fsp3) is 0.192. The van der Waals surface area contributed by atoms with Crippen LogP contribution in [0.2, 0.25) is 0 Å². The third-order valence-corrected chi connectivity index (χ3v) is 5.58. The number of rotatable bonds is 5. The Bertz CT molecular complexity index is 1580. The van der Waals surface area contributed by atoms with Gasteiger partial charge in [-0.1, -0.05) is 24.3 Å². The first kappa shape index (κ1) is 26.3. The summed E-state index contributed by atoms with van der Waals surface area (Å²) in [4.78, 5) is 35.2. The number of alkyl halides is 3. The molecule has 0 fully saturated rings. The normalized spacial score (nSPS) is 11.4. The Hall–Kier alpha value is -4.74. The summed E-state index contributed by atoms with van der Waals surface area (Å²) < 4.78 is 35.8. The molecule has 0 aliphatic rings. The fourth-order valence-electron chi connectivity index (χ4n) is 4.07. The zero-order valence-corrected chi connectivity index (χ0v) is 20.3. The minimum absolute atomic E-state index is 0.188. The van der Waals surface area contributed by atoms with Gasteiger partial charge in [-0.25, -0.2) is 14.8 Å². The minimum atomic E-state index is -5.08. The molecule has 0 saturated carbocycles. The van der Waals surface area contributed by atoms with Gasteiger partial charge in [0.15, 0.2) is 0 Å². The number of carbonyl (C=O) groups excluding carboxylic acids is 1. The van der Waals surface area contributed by atoms with Gasteiger partial charge >= 0.3 is 12.1 Å². The van der Waals surface area contributed by atoms with Crippen molar-refractivity contribution in [2.45, 2.75) is 32.6 Å². The number of fused-ring (bicyclic) bond motifs is 3. The van der Waals surface area contributed by atoms with E-state index in [-0.39, 0.29) is 11.9 Å². The van der Waals surface area contributed by atoms with E-state index in [1.165, 1.54) is 0 Å². The number of carbonyl (C=O) groups is 2. The average Bonchev–Trinajstić information content (AvgIpc) is 3.43. The molecule has 5 aromatic rings. The van der Waals surface area contributed by atoms with Gasteiger partial charge in [-0.15, -0.1) is 0 Å². The third kappa shape index (κ3) is 5.33. The lowest BCUT2D eigenvalue weighted by Gasteiger charge is -2.11. The first-order valence-electron chi connectivity index (χ1n) is 11.5. The van der Waals surface area contributed by atoms with Gasteiger partial charge < -0.3 is 15.0 Å². The molecule has 2 N–H and O–H groups in total. The summed E-state index contributed by atoms with van der Waals surface area (Å²) in [6, 6.07) is 15.9. The van der Waals surface area contributed by atoms with E-state index in [0.717, 1.165) is 27.5 Å². The topological polar surface area (TPSA) is 115 Å². The largest absolute Gasteiger partial charge is 0.490 e. The first-order valence-corrected chi connectivity index (χ1v) is 11.5. The highest BCUT2D eigenvalue weighted by Crippen LogP contribution is 2.35. The van der Waals surface area contributed by atoms with Crippen molar-refractivity contribution >= 4 is 33.8 Å². The van der Waals surface area contributed by atoms with Crippen molar-refractivity contribution in [1.82, 2.24) is 29.4 Å². The number of pyridine rings is 1. The highest BCUT2D eigenvalue weighted by Gasteiger charge is 2.38. The fourth-order valence-corrected chi connectivity index (χ4v) is 4.07.